The van der Waals surface area contributed by atoms with Crippen LogP contribution in [0.3, 0.4) is 0 Å². The van der Waals surface area contributed by atoms with Crippen molar-refractivity contribution in [1.29, 1.82) is 0 Å². The summed E-state index contributed by atoms with van der Waals surface area (Å²) in [7, 11) is 0. The number of hydrogen-bond donors (Lipinski definition) is 3. The molecule has 0 aromatic rings. The van der Waals surface area contributed by atoms with Crippen LogP contribution in [0.5, 0.6) is 0 Å². The molecule has 0 radical (unpaired) electrons. The van der Waals surface area contributed by atoms with Crippen LogP contribution in [0, 0.1) is 0 Å². The fraction of sp³-hybridized carbons (Fsp3) is 0.667. The molecule has 0 aromatic heterocycles. The lowest BCUT2D eigenvalue weighted by Crippen LogP contribution is -2.19. The van der Waals surface area contributed by atoms with E-state index in [9.17, 15) is 4.79 Å². The van der Waals surface area contributed by atoms with E-state index in [0.717, 1.165) is 6.08 Å². The van der Waals surface area contributed by atoms with Gasteiger partial charge >= 0.3 is 5.97 Å². The summed E-state index contributed by atoms with van der Waals surface area (Å²) >= 11 is 0. The summed E-state index contributed by atoms with van der Waals surface area (Å²) in [4.78, 5) is 9.25. The summed E-state index contributed by atoms with van der Waals surface area (Å²) in [6, 6.07) is 0. The average Bonchev–Trinajstić information content (AvgIpc) is 2.19. The highest BCUT2D eigenvalue weighted by molar-refractivity contribution is 5.78. The quantitative estimate of drug-likeness (QED) is 0.308. The minimum Gasteiger partial charge on any atom is -0.478 e. The molecule has 0 spiro atoms. The minimum atomic E-state index is -0.981. The van der Waals surface area contributed by atoms with Crippen molar-refractivity contribution in [2.75, 3.05) is 26.4 Å². The standard InChI is InChI=1S/C6H14O4.C3H4O2/c1-2-10-6(8)5-9-4-3-7;1-2-3(4)5/h6-8H,2-5H2,1H3;2H,1H2,(H,4,5). The minimum absolute atomic E-state index is 0.0289. The van der Waals surface area contributed by atoms with E-state index in [1.807, 2.05) is 0 Å². The Labute approximate surface area is 88.7 Å². The molecule has 0 aromatic carbocycles. The Morgan fingerprint density at radius 3 is 2.47 bits per heavy atom. The molecule has 0 fully saturated rings. The van der Waals surface area contributed by atoms with Crippen molar-refractivity contribution in [3.63, 3.8) is 0 Å². The van der Waals surface area contributed by atoms with E-state index in [2.05, 4.69) is 6.58 Å². The molecule has 6 heteroatoms. The number of hydrogen-bond acceptors (Lipinski definition) is 5. The van der Waals surface area contributed by atoms with Gasteiger partial charge in [0.05, 0.1) is 19.8 Å². The Kier molecular flexibility index (Phi) is 14.3. The number of ether oxygens (including phenoxy) is 2. The normalized spacial score (nSPS) is 11.1. The van der Waals surface area contributed by atoms with Gasteiger partial charge in [-0.2, -0.15) is 0 Å². The summed E-state index contributed by atoms with van der Waals surface area (Å²) < 4.78 is 9.51. The number of aliphatic hydroxyl groups excluding tert-OH is 2. The molecule has 1 unspecified atom stereocenters. The first-order valence-corrected chi connectivity index (χ1v) is 4.42. The SMILES string of the molecule is C=CC(=O)O.CCOC(O)COCCO. The van der Waals surface area contributed by atoms with Gasteiger partial charge in [0.1, 0.15) is 0 Å². The van der Waals surface area contributed by atoms with Gasteiger partial charge in [-0.25, -0.2) is 4.79 Å². The van der Waals surface area contributed by atoms with E-state index < -0.39 is 12.3 Å². The number of carbonyl (C=O) groups is 1. The molecule has 15 heavy (non-hydrogen) atoms. The number of aliphatic hydroxyl groups is 2. The Hall–Kier alpha value is -0.950. The maximum atomic E-state index is 9.25. The molecule has 0 saturated heterocycles. The third-order valence-corrected chi connectivity index (χ3v) is 1.03. The van der Waals surface area contributed by atoms with Crippen LogP contribution in [0.4, 0.5) is 0 Å². The van der Waals surface area contributed by atoms with Gasteiger partial charge in [0.15, 0.2) is 6.29 Å². The van der Waals surface area contributed by atoms with Crippen LogP contribution in [-0.4, -0.2) is 54.0 Å². The fourth-order valence-corrected chi connectivity index (χ4v) is 0.489. The molecule has 1 atom stereocenters. The molecule has 0 aliphatic rings. The molecule has 0 saturated carbocycles. The Morgan fingerprint density at radius 1 is 1.60 bits per heavy atom. The molecule has 0 amide bonds. The Bertz CT molecular complexity index is 159. The van der Waals surface area contributed by atoms with Gasteiger partial charge in [-0.3, -0.25) is 0 Å². The van der Waals surface area contributed by atoms with E-state index in [1.54, 1.807) is 6.92 Å². The molecule has 0 rings (SSSR count). The van der Waals surface area contributed by atoms with Gasteiger partial charge < -0.3 is 24.8 Å². The van der Waals surface area contributed by atoms with Crippen molar-refractivity contribution < 1.29 is 29.6 Å². The van der Waals surface area contributed by atoms with Gasteiger partial charge in [-0.05, 0) is 6.92 Å². The van der Waals surface area contributed by atoms with E-state index in [4.69, 9.17) is 24.8 Å². The lowest BCUT2D eigenvalue weighted by Gasteiger charge is -2.09. The van der Waals surface area contributed by atoms with Crippen molar-refractivity contribution in [2.45, 2.75) is 13.2 Å². The predicted molar refractivity (Wildman–Crippen MR) is 53.4 cm³/mol. The van der Waals surface area contributed by atoms with E-state index in [0.29, 0.717) is 6.61 Å². The van der Waals surface area contributed by atoms with E-state index >= 15 is 0 Å². The molecule has 0 bridgehead atoms. The van der Waals surface area contributed by atoms with E-state index in [1.165, 1.54) is 0 Å². The maximum absolute atomic E-state index is 9.25. The predicted octanol–water partition coefficient (Wildman–Crippen LogP) is -0.393. The second kappa shape index (κ2) is 13.1. The van der Waals surface area contributed by atoms with Crippen LogP contribution in [0.1, 0.15) is 6.92 Å². The van der Waals surface area contributed by atoms with Crippen LogP contribution >= 0.6 is 0 Å². The molecular formula is C9H18O6. The Morgan fingerprint density at radius 2 is 2.13 bits per heavy atom. The third-order valence-electron chi connectivity index (χ3n) is 1.03. The monoisotopic (exact) mass is 222 g/mol. The van der Waals surface area contributed by atoms with Gasteiger partial charge in [0.2, 0.25) is 0 Å². The molecular weight excluding hydrogens is 204 g/mol. The Balaban J connectivity index is 0. The lowest BCUT2D eigenvalue weighted by atomic mass is 10.6. The van der Waals surface area contributed by atoms with Crippen molar-refractivity contribution in [3.8, 4) is 0 Å². The number of carboxylic acid groups (broad SMARTS) is 1. The second-order valence-corrected chi connectivity index (χ2v) is 2.25. The lowest BCUT2D eigenvalue weighted by molar-refractivity contribution is -0.136. The highest BCUT2D eigenvalue weighted by Gasteiger charge is 2.00. The fourth-order valence-electron chi connectivity index (χ4n) is 0.489. The van der Waals surface area contributed by atoms with Gasteiger partial charge in [-0.15, -0.1) is 0 Å². The van der Waals surface area contributed by atoms with Gasteiger partial charge in [0.25, 0.3) is 0 Å². The van der Waals surface area contributed by atoms with Gasteiger partial charge in [-0.1, -0.05) is 6.58 Å². The zero-order valence-corrected chi connectivity index (χ0v) is 8.76. The molecule has 3 N–H and O–H groups in total. The van der Waals surface area contributed by atoms with Crippen molar-refractivity contribution in [2.24, 2.45) is 0 Å². The van der Waals surface area contributed by atoms with Crippen LogP contribution in [0.25, 0.3) is 0 Å². The summed E-state index contributed by atoms with van der Waals surface area (Å²) in [6.07, 6.45) is -0.0310. The molecule has 0 aliphatic carbocycles. The molecule has 6 nitrogen and oxygen atoms in total. The molecule has 90 valence electrons. The average molecular weight is 222 g/mol. The largest absolute Gasteiger partial charge is 0.478 e. The van der Waals surface area contributed by atoms with E-state index in [-0.39, 0.29) is 19.8 Å². The summed E-state index contributed by atoms with van der Waals surface area (Å²) in [6.45, 7) is 5.54. The number of carboxylic acids is 1. The zero-order chi connectivity index (χ0) is 12.1. The van der Waals surface area contributed by atoms with Gasteiger partial charge in [0, 0.05) is 12.7 Å². The highest BCUT2D eigenvalue weighted by Crippen LogP contribution is 1.86. The number of aliphatic carboxylic acids is 1. The first kappa shape index (κ1) is 16.5. The molecule has 0 heterocycles. The molecule has 0 aliphatic heterocycles. The topological polar surface area (TPSA) is 96.2 Å². The van der Waals surface area contributed by atoms with Crippen LogP contribution < -0.4 is 0 Å². The smallest absolute Gasteiger partial charge is 0.327 e. The first-order chi connectivity index (χ1) is 7.08. The maximum Gasteiger partial charge on any atom is 0.327 e. The zero-order valence-electron chi connectivity index (χ0n) is 8.76. The number of rotatable bonds is 7. The van der Waals surface area contributed by atoms with Crippen LogP contribution in [0.15, 0.2) is 12.7 Å². The van der Waals surface area contributed by atoms with Crippen LogP contribution in [0.2, 0.25) is 0 Å². The summed E-state index contributed by atoms with van der Waals surface area (Å²) in [5.41, 5.74) is 0. The third kappa shape index (κ3) is 19.5. The highest BCUT2D eigenvalue weighted by atomic mass is 16.6. The van der Waals surface area contributed by atoms with Crippen molar-refractivity contribution >= 4 is 5.97 Å². The van der Waals surface area contributed by atoms with Crippen LogP contribution in [-0.2, 0) is 14.3 Å². The first-order valence-electron chi connectivity index (χ1n) is 4.42. The van der Waals surface area contributed by atoms with Crippen molar-refractivity contribution in [3.05, 3.63) is 12.7 Å². The second-order valence-electron chi connectivity index (χ2n) is 2.25. The summed E-state index contributed by atoms with van der Waals surface area (Å²) in [5, 5.41) is 24.7. The summed E-state index contributed by atoms with van der Waals surface area (Å²) in [5.74, 6) is -0.981. The van der Waals surface area contributed by atoms with Crippen molar-refractivity contribution in [1.82, 2.24) is 0 Å².